The summed E-state index contributed by atoms with van der Waals surface area (Å²) in [5, 5.41) is 0. The third kappa shape index (κ3) is 2.42. The first kappa shape index (κ1) is 9.93. The highest BCUT2D eigenvalue weighted by molar-refractivity contribution is 7.80. The molecule has 0 saturated carbocycles. The van der Waals surface area contributed by atoms with Gasteiger partial charge in [0.25, 0.3) is 0 Å². The van der Waals surface area contributed by atoms with Crippen LogP contribution in [0.2, 0.25) is 0 Å². The molecule has 1 rings (SSSR count). The number of hydrogen-bond acceptors (Lipinski definition) is 2. The lowest BCUT2D eigenvalue weighted by atomic mass is 10.2. The fourth-order valence-electron chi connectivity index (χ4n) is 1.39. The summed E-state index contributed by atoms with van der Waals surface area (Å²) in [5.41, 5.74) is 0. The molecule has 0 amide bonds. The molecule has 0 bridgehead atoms. The van der Waals surface area contributed by atoms with Gasteiger partial charge in [0.05, 0.1) is 4.99 Å². The van der Waals surface area contributed by atoms with E-state index in [1.807, 2.05) is 0 Å². The second-order valence-electron chi connectivity index (χ2n) is 3.78. The Kier molecular flexibility index (Phi) is 3.47. The Hall–Kier alpha value is -0.150. The van der Waals surface area contributed by atoms with Crippen molar-refractivity contribution in [2.24, 2.45) is 5.92 Å². The first-order valence-corrected chi connectivity index (χ1v) is 4.99. The zero-order chi connectivity index (χ0) is 9.14. The van der Waals surface area contributed by atoms with Crippen LogP contribution in [0.15, 0.2) is 0 Å². The van der Waals surface area contributed by atoms with E-state index in [1.54, 1.807) is 0 Å². The Morgan fingerprint density at radius 2 is 1.67 bits per heavy atom. The first-order chi connectivity index (χ1) is 5.61. The summed E-state index contributed by atoms with van der Waals surface area (Å²) >= 11 is 5.34. The van der Waals surface area contributed by atoms with Crippen molar-refractivity contribution in [2.45, 2.75) is 13.8 Å². The van der Waals surface area contributed by atoms with E-state index in [0.29, 0.717) is 5.92 Å². The highest BCUT2D eigenvalue weighted by Crippen LogP contribution is 2.07. The Balaban J connectivity index is 2.39. The van der Waals surface area contributed by atoms with E-state index < -0.39 is 0 Å². The van der Waals surface area contributed by atoms with Gasteiger partial charge in [-0.05, 0) is 7.05 Å². The zero-order valence-corrected chi connectivity index (χ0v) is 9.02. The number of rotatable bonds is 1. The van der Waals surface area contributed by atoms with E-state index in [9.17, 15) is 0 Å². The third-order valence-corrected chi connectivity index (χ3v) is 3.04. The molecule has 70 valence electrons. The van der Waals surface area contributed by atoms with Crippen molar-refractivity contribution in [2.75, 3.05) is 33.2 Å². The minimum Gasteiger partial charge on any atom is -0.363 e. The van der Waals surface area contributed by atoms with Gasteiger partial charge in [0, 0.05) is 32.1 Å². The SMILES string of the molecule is CC(C)C(=S)N1CCN(C)CC1. The molecule has 1 saturated heterocycles. The van der Waals surface area contributed by atoms with Crippen LogP contribution >= 0.6 is 12.2 Å². The molecule has 0 atom stereocenters. The third-order valence-electron chi connectivity index (χ3n) is 2.31. The molecule has 0 aliphatic carbocycles. The summed E-state index contributed by atoms with van der Waals surface area (Å²) in [6.07, 6.45) is 0. The van der Waals surface area contributed by atoms with E-state index in [-0.39, 0.29) is 0 Å². The standard InChI is InChI=1S/C9H18N2S/c1-8(2)9(12)11-6-4-10(3)5-7-11/h8H,4-7H2,1-3H3. The lowest BCUT2D eigenvalue weighted by Gasteiger charge is -2.35. The van der Waals surface area contributed by atoms with Crippen LogP contribution in [0.3, 0.4) is 0 Å². The van der Waals surface area contributed by atoms with Gasteiger partial charge in [-0.3, -0.25) is 0 Å². The van der Waals surface area contributed by atoms with Crippen molar-refractivity contribution in [1.29, 1.82) is 0 Å². The second-order valence-corrected chi connectivity index (χ2v) is 4.20. The van der Waals surface area contributed by atoms with Gasteiger partial charge in [0.1, 0.15) is 0 Å². The summed E-state index contributed by atoms with van der Waals surface area (Å²) in [6, 6.07) is 0. The van der Waals surface area contributed by atoms with Crippen LogP contribution in [-0.2, 0) is 0 Å². The van der Waals surface area contributed by atoms with Crippen LogP contribution in [-0.4, -0.2) is 48.0 Å². The molecule has 1 aliphatic rings. The molecule has 0 aromatic heterocycles. The van der Waals surface area contributed by atoms with Crippen LogP contribution < -0.4 is 0 Å². The highest BCUT2D eigenvalue weighted by atomic mass is 32.1. The number of likely N-dealkylation sites (N-methyl/N-ethyl adjacent to an activating group) is 1. The van der Waals surface area contributed by atoms with Crippen molar-refractivity contribution in [3.63, 3.8) is 0 Å². The molecule has 0 aromatic carbocycles. The van der Waals surface area contributed by atoms with E-state index in [1.165, 1.54) is 0 Å². The van der Waals surface area contributed by atoms with Gasteiger partial charge in [-0.25, -0.2) is 0 Å². The molecule has 1 aliphatic heterocycles. The number of piperazine rings is 1. The second kappa shape index (κ2) is 4.19. The Morgan fingerprint density at radius 3 is 2.08 bits per heavy atom. The largest absolute Gasteiger partial charge is 0.363 e. The summed E-state index contributed by atoms with van der Waals surface area (Å²) < 4.78 is 0. The topological polar surface area (TPSA) is 6.48 Å². The van der Waals surface area contributed by atoms with Gasteiger partial charge >= 0.3 is 0 Å². The molecular weight excluding hydrogens is 168 g/mol. The predicted molar refractivity (Wildman–Crippen MR) is 56.5 cm³/mol. The van der Waals surface area contributed by atoms with Gasteiger partial charge < -0.3 is 9.80 Å². The summed E-state index contributed by atoms with van der Waals surface area (Å²) in [4.78, 5) is 5.81. The van der Waals surface area contributed by atoms with Gasteiger partial charge in [0.2, 0.25) is 0 Å². The lowest BCUT2D eigenvalue weighted by Crippen LogP contribution is -2.47. The van der Waals surface area contributed by atoms with E-state index in [4.69, 9.17) is 12.2 Å². The fourth-order valence-corrected chi connectivity index (χ4v) is 1.57. The van der Waals surface area contributed by atoms with Gasteiger partial charge in [-0.2, -0.15) is 0 Å². The van der Waals surface area contributed by atoms with Crippen molar-refractivity contribution < 1.29 is 0 Å². The van der Waals surface area contributed by atoms with Crippen LogP contribution in [0.25, 0.3) is 0 Å². The Morgan fingerprint density at radius 1 is 1.17 bits per heavy atom. The number of thiocarbonyl (C=S) groups is 1. The maximum Gasteiger partial charge on any atom is 0.0805 e. The van der Waals surface area contributed by atoms with E-state index in [2.05, 4.69) is 30.7 Å². The highest BCUT2D eigenvalue weighted by Gasteiger charge is 2.17. The summed E-state index contributed by atoms with van der Waals surface area (Å²) in [5.74, 6) is 0.517. The summed E-state index contributed by atoms with van der Waals surface area (Å²) in [7, 11) is 2.16. The average Bonchev–Trinajstić information content (AvgIpc) is 2.04. The molecule has 0 aromatic rings. The summed E-state index contributed by atoms with van der Waals surface area (Å²) in [6.45, 7) is 8.84. The minimum absolute atomic E-state index is 0.517. The molecule has 2 nitrogen and oxygen atoms in total. The van der Waals surface area contributed by atoms with Crippen LogP contribution in [0.1, 0.15) is 13.8 Å². The molecule has 12 heavy (non-hydrogen) atoms. The van der Waals surface area contributed by atoms with Crippen LogP contribution in [0.4, 0.5) is 0 Å². The monoisotopic (exact) mass is 186 g/mol. The van der Waals surface area contributed by atoms with Gasteiger partial charge in [-0.15, -0.1) is 0 Å². The van der Waals surface area contributed by atoms with Crippen LogP contribution in [0, 0.1) is 5.92 Å². The van der Waals surface area contributed by atoms with Crippen molar-refractivity contribution >= 4 is 17.2 Å². The lowest BCUT2D eigenvalue weighted by molar-refractivity contribution is 0.213. The normalized spacial score (nSPS) is 20.2. The van der Waals surface area contributed by atoms with E-state index >= 15 is 0 Å². The quantitative estimate of drug-likeness (QED) is 0.569. The molecule has 1 heterocycles. The molecule has 0 radical (unpaired) electrons. The Labute approximate surface area is 80.5 Å². The molecule has 0 N–H and O–H groups in total. The molecule has 3 heteroatoms. The zero-order valence-electron chi connectivity index (χ0n) is 8.21. The molecule has 0 spiro atoms. The number of nitrogens with zero attached hydrogens (tertiary/aromatic N) is 2. The van der Waals surface area contributed by atoms with Gasteiger partial charge in [0.15, 0.2) is 0 Å². The predicted octanol–water partition coefficient (Wildman–Crippen LogP) is 1.22. The number of hydrogen-bond donors (Lipinski definition) is 0. The van der Waals surface area contributed by atoms with Crippen molar-refractivity contribution in [3.8, 4) is 0 Å². The molecule has 0 unspecified atom stereocenters. The van der Waals surface area contributed by atoms with Crippen molar-refractivity contribution in [3.05, 3.63) is 0 Å². The van der Waals surface area contributed by atoms with E-state index in [0.717, 1.165) is 31.2 Å². The minimum atomic E-state index is 0.517. The average molecular weight is 186 g/mol. The van der Waals surface area contributed by atoms with Crippen molar-refractivity contribution in [1.82, 2.24) is 9.80 Å². The first-order valence-electron chi connectivity index (χ1n) is 4.58. The molecular formula is C9H18N2S. The van der Waals surface area contributed by atoms with Gasteiger partial charge in [-0.1, -0.05) is 26.1 Å². The maximum absolute atomic E-state index is 5.34. The Bertz CT molecular complexity index is 160. The fraction of sp³-hybridized carbons (Fsp3) is 0.889. The molecule has 1 fully saturated rings. The smallest absolute Gasteiger partial charge is 0.0805 e. The maximum atomic E-state index is 5.34. The van der Waals surface area contributed by atoms with Crippen LogP contribution in [0.5, 0.6) is 0 Å².